The molecule has 1 N–H and O–H groups in total. The summed E-state index contributed by atoms with van der Waals surface area (Å²) in [6.45, 7) is 1.73. The van der Waals surface area contributed by atoms with Crippen molar-refractivity contribution in [2.45, 2.75) is 11.8 Å². The number of methoxy groups -OCH3 is 1. The summed E-state index contributed by atoms with van der Waals surface area (Å²) in [6.07, 6.45) is 4.74. The van der Waals surface area contributed by atoms with Crippen LogP contribution >= 0.6 is 0 Å². The van der Waals surface area contributed by atoms with Gasteiger partial charge in [0.1, 0.15) is 5.82 Å². The van der Waals surface area contributed by atoms with Gasteiger partial charge in [0.15, 0.2) is 0 Å². The predicted molar refractivity (Wildman–Crippen MR) is 141 cm³/mol. The van der Waals surface area contributed by atoms with E-state index in [9.17, 15) is 17.6 Å². The standard InChI is InChI=1S/C30H22FNO4S/c1-21-19-22(7-6-10-28(21)30(33)36-2)11-12-25-20-26(31)15-18-29(25)32-37(34,35)27-16-13-24(14-17-27)23-8-4-3-5-9-23/h3-5,7-10,13-20,32H,1-2H3. The van der Waals surface area contributed by atoms with Crippen molar-refractivity contribution >= 4 is 21.7 Å². The summed E-state index contributed by atoms with van der Waals surface area (Å²) in [4.78, 5) is 12.0. The summed E-state index contributed by atoms with van der Waals surface area (Å²) in [5.74, 6) is 4.66. The fraction of sp³-hybridized carbons (Fsp3) is 0.0667. The van der Waals surface area contributed by atoms with Gasteiger partial charge in [-0.2, -0.15) is 0 Å². The van der Waals surface area contributed by atoms with Crippen molar-refractivity contribution < 1.29 is 22.3 Å². The SMILES string of the molecule is COC(=O)C1=C(C)C=C(C#Cc2cc(F)ccc2NS(=O)(=O)c2ccc(-c3ccccc3)cc2)C=C=C1. The van der Waals surface area contributed by atoms with Crippen LogP contribution in [0.2, 0.25) is 0 Å². The van der Waals surface area contributed by atoms with E-state index >= 15 is 0 Å². The lowest BCUT2D eigenvalue weighted by Gasteiger charge is -2.11. The largest absolute Gasteiger partial charge is 0.465 e. The molecule has 0 bridgehead atoms. The lowest BCUT2D eigenvalue weighted by atomic mass is 10.1. The molecule has 1 aliphatic rings. The highest BCUT2D eigenvalue weighted by Gasteiger charge is 2.16. The molecule has 1 aliphatic carbocycles. The summed E-state index contributed by atoms with van der Waals surface area (Å²) in [6, 6.07) is 19.7. The molecule has 0 aliphatic heterocycles. The second-order valence-electron chi connectivity index (χ2n) is 8.08. The monoisotopic (exact) mass is 511 g/mol. The van der Waals surface area contributed by atoms with Gasteiger partial charge in [0, 0.05) is 5.57 Å². The van der Waals surface area contributed by atoms with E-state index in [4.69, 9.17) is 4.74 Å². The molecule has 0 unspecified atom stereocenters. The maximum Gasteiger partial charge on any atom is 0.338 e. The highest BCUT2D eigenvalue weighted by atomic mass is 32.2. The molecule has 4 rings (SSSR count). The van der Waals surface area contributed by atoms with Crippen LogP contribution in [-0.4, -0.2) is 21.5 Å². The van der Waals surface area contributed by atoms with Crippen molar-refractivity contribution in [2.24, 2.45) is 0 Å². The van der Waals surface area contributed by atoms with E-state index in [-0.39, 0.29) is 16.1 Å². The molecule has 7 heteroatoms. The molecule has 0 saturated carbocycles. The Bertz CT molecular complexity index is 1650. The van der Waals surface area contributed by atoms with Gasteiger partial charge in [-0.1, -0.05) is 54.3 Å². The van der Waals surface area contributed by atoms with Crippen molar-refractivity contribution in [1.29, 1.82) is 0 Å². The van der Waals surface area contributed by atoms with E-state index in [1.54, 1.807) is 31.2 Å². The number of halogens is 1. The fourth-order valence-corrected chi connectivity index (χ4v) is 4.67. The van der Waals surface area contributed by atoms with E-state index in [1.165, 1.54) is 31.4 Å². The Morgan fingerprint density at radius 2 is 1.65 bits per heavy atom. The number of esters is 1. The van der Waals surface area contributed by atoms with E-state index in [0.717, 1.165) is 23.3 Å². The second-order valence-corrected chi connectivity index (χ2v) is 9.76. The number of anilines is 1. The van der Waals surface area contributed by atoms with Crippen LogP contribution in [0.1, 0.15) is 12.5 Å². The van der Waals surface area contributed by atoms with Gasteiger partial charge < -0.3 is 4.74 Å². The van der Waals surface area contributed by atoms with Gasteiger partial charge >= 0.3 is 5.97 Å². The third kappa shape index (κ3) is 6.14. The van der Waals surface area contributed by atoms with Crippen LogP contribution in [0.5, 0.6) is 0 Å². The summed E-state index contributed by atoms with van der Waals surface area (Å²) in [5, 5.41) is 0. The summed E-state index contributed by atoms with van der Waals surface area (Å²) >= 11 is 0. The third-order valence-corrected chi connectivity index (χ3v) is 6.89. The first kappa shape index (κ1) is 25.5. The van der Waals surface area contributed by atoms with Gasteiger partial charge in [-0.25, -0.2) is 17.6 Å². The topological polar surface area (TPSA) is 72.5 Å². The number of ether oxygens (including phenoxy) is 1. The van der Waals surface area contributed by atoms with E-state index < -0.39 is 21.8 Å². The molecule has 0 fully saturated rings. The van der Waals surface area contributed by atoms with E-state index in [0.29, 0.717) is 16.7 Å². The zero-order valence-electron chi connectivity index (χ0n) is 20.1. The first-order chi connectivity index (χ1) is 17.8. The van der Waals surface area contributed by atoms with Gasteiger partial charge in [0.2, 0.25) is 0 Å². The normalized spacial score (nSPS) is 12.8. The molecule has 5 nitrogen and oxygen atoms in total. The Kier molecular flexibility index (Phi) is 7.55. The fourth-order valence-electron chi connectivity index (χ4n) is 3.59. The number of allylic oxidation sites excluding steroid dienone is 3. The highest BCUT2D eigenvalue weighted by Crippen LogP contribution is 2.24. The van der Waals surface area contributed by atoms with Crippen LogP contribution in [0.15, 0.2) is 118 Å². The number of hydrogen-bond acceptors (Lipinski definition) is 4. The van der Waals surface area contributed by atoms with Gasteiger partial charge in [0.05, 0.1) is 28.8 Å². The van der Waals surface area contributed by atoms with Gasteiger partial charge in [-0.15, -0.1) is 5.73 Å². The van der Waals surface area contributed by atoms with Crippen LogP contribution in [-0.2, 0) is 19.6 Å². The van der Waals surface area contributed by atoms with E-state index in [2.05, 4.69) is 22.3 Å². The van der Waals surface area contributed by atoms with Crippen LogP contribution in [0.25, 0.3) is 11.1 Å². The van der Waals surface area contributed by atoms with Gasteiger partial charge in [-0.3, -0.25) is 4.72 Å². The number of sulfonamides is 1. The molecule has 37 heavy (non-hydrogen) atoms. The molecular weight excluding hydrogens is 489 g/mol. The summed E-state index contributed by atoms with van der Waals surface area (Å²) in [5.41, 5.74) is 6.47. The Balaban J connectivity index is 1.62. The first-order valence-electron chi connectivity index (χ1n) is 11.2. The smallest absolute Gasteiger partial charge is 0.338 e. The van der Waals surface area contributed by atoms with Crippen LogP contribution in [0.4, 0.5) is 10.1 Å². The molecule has 0 aromatic heterocycles. The van der Waals surface area contributed by atoms with Crippen molar-refractivity contribution in [3.63, 3.8) is 0 Å². The number of carbonyl (C=O) groups excluding carboxylic acids is 1. The molecule has 0 saturated heterocycles. The Morgan fingerprint density at radius 1 is 0.946 bits per heavy atom. The average molecular weight is 512 g/mol. The zero-order valence-corrected chi connectivity index (χ0v) is 20.9. The Hall–Kier alpha value is -4.63. The second kappa shape index (κ2) is 11.0. The molecule has 0 atom stereocenters. The maximum absolute atomic E-state index is 14.0. The Labute approximate surface area is 215 Å². The minimum absolute atomic E-state index is 0.0612. The molecule has 184 valence electrons. The summed E-state index contributed by atoms with van der Waals surface area (Å²) < 4.78 is 47.5. The van der Waals surface area contributed by atoms with Crippen LogP contribution in [0.3, 0.4) is 0 Å². The molecule has 0 radical (unpaired) electrons. The first-order valence-corrected chi connectivity index (χ1v) is 12.7. The number of benzene rings is 3. The average Bonchev–Trinajstić information content (AvgIpc) is 3.09. The lowest BCUT2D eigenvalue weighted by molar-refractivity contribution is -0.135. The molecule has 0 heterocycles. The molecule has 0 spiro atoms. The maximum atomic E-state index is 14.0. The molecule has 3 aromatic carbocycles. The molecule has 0 amide bonds. The van der Waals surface area contributed by atoms with Crippen LogP contribution < -0.4 is 4.72 Å². The molecular formula is C30H22FNO4S. The van der Waals surface area contributed by atoms with Crippen molar-refractivity contribution in [1.82, 2.24) is 0 Å². The lowest BCUT2D eigenvalue weighted by Crippen LogP contribution is -2.14. The predicted octanol–water partition coefficient (Wildman–Crippen LogP) is 5.79. The van der Waals surface area contributed by atoms with Gasteiger partial charge in [-0.05, 0) is 72.2 Å². The van der Waals surface area contributed by atoms with Crippen molar-refractivity contribution in [2.75, 3.05) is 11.8 Å². The minimum atomic E-state index is -3.96. The Morgan fingerprint density at radius 3 is 2.35 bits per heavy atom. The highest BCUT2D eigenvalue weighted by molar-refractivity contribution is 7.92. The third-order valence-electron chi connectivity index (χ3n) is 5.51. The quantitative estimate of drug-likeness (QED) is 0.268. The van der Waals surface area contributed by atoms with Gasteiger partial charge in [0.25, 0.3) is 10.0 Å². The minimum Gasteiger partial charge on any atom is -0.465 e. The van der Waals surface area contributed by atoms with Crippen LogP contribution in [0, 0.1) is 17.7 Å². The number of nitrogens with one attached hydrogen (secondary N) is 1. The zero-order chi connectivity index (χ0) is 26.4. The van der Waals surface area contributed by atoms with E-state index in [1.807, 2.05) is 30.3 Å². The molecule has 3 aromatic rings. The van der Waals surface area contributed by atoms with Crippen molar-refractivity contribution in [3.05, 3.63) is 125 Å². The number of hydrogen-bond donors (Lipinski definition) is 1. The van der Waals surface area contributed by atoms with Crippen molar-refractivity contribution in [3.8, 4) is 23.0 Å². The number of rotatable bonds is 5. The number of carbonyl (C=O) groups is 1. The summed E-state index contributed by atoms with van der Waals surface area (Å²) in [7, 11) is -2.67.